The number of fused-ring (bicyclic) bond motifs is 1. The minimum atomic E-state index is -0.176. The molecular formula is C22H21N3O4. The molecule has 0 saturated carbocycles. The van der Waals surface area contributed by atoms with Crippen molar-refractivity contribution in [2.24, 2.45) is 0 Å². The Kier molecular flexibility index (Phi) is 5.47. The lowest BCUT2D eigenvalue weighted by Crippen LogP contribution is -2.23. The maximum atomic E-state index is 12.5. The highest BCUT2D eigenvalue weighted by Gasteiger charge is 2.14. The van der Waals surface area contributed by atoms with Gasteiger partial charge >= 0.3 is 0 Å². The second-order valence-electron chi connectivity index (χ2n) is 6.47. The number of aromatic nitrogens is 1. The molecule has 29 heavy (non-hydrogen) atoms. The lowest BCUT2D eigenvalue weighted by atomic mass is 10.2. The maximum absolute atomic E-state index is 12.5. The van der Waals surface area contributed by atoms with E-state index in [2.05, 4.69) is 15.6 Å². The number of hydrogen-bond donors (Lipinski definition) is 2. The van der Waals surface area contributed by atoms with Crippen LogP contribution in [0.1, 0.15) is 21.5 Å². The van der Waals surface area contributed by atoms with Gasteiger partial charge in [0.2, 0.25) is 6.79 Å². The summed E-state index contributed by atoms with van der Waals surface area (Å²) in [6.07, 6.45) is 1.61. The third-order valence-electron chi connectivity index (χ3n) is 4.56. The fourth-order valence-corrected chi connectivity index (χ4v) is 3.04. The molecule has 2 aromatic carbocycles. The van der Waals surface area contributed by atoms with Crippen LogP contribution in [0.2, 0.25) is 0 Å². The van der Waals surface area contributed by atoms with E-state index in [4.69, 9.17) is 14.2 Å². The van der Waals surface area contributed by atoms with Crippen LogP contribution >= 0.6 is 0 Å². The number of benzene rings is 2. The van der Waals surface area contributed by atoms with Crippen molar-refractivity contribution in [3.63, 3.8) is 0 Å². The van der Waals surface area contributed by atoms with E-state index in [0.29, 0.717) is 30.2 Å². The molecule has 0 spiro atoms. The van der Waals surface area contributed by atoms with Crippen LogP contribution in [0.15, 0.2) is 60.8 Å². The number of nitrogens with zero attached hydrogens (tertiary/aromatic N) is 1. The molecule has 0 fully saturated rings. The Balaban J connectivity index is 1.37. The molecule has 0 bridgehead atoms. The van der Waals surface area contributed by atoms with Crippen molar-refractivity contribution in [1.82, 2.24) is 10.3 Å². The summed E-state index contributed by atoms with van der Waals surface area (Å²) in [6.45, 7) is 1.16. The normalized spacial score (nSPS) is 11.8. The van der Waals surface area contributed by atoms with Crippen LogP contribution in [-0.2, 0) is 13.1 Å². The van der Waals surface area contributed by atoms with E-state index in [1.54, 1.807) is 25.4 Å². The minimum Gasteiger partial charge on any atom is -0.496 e. The summed E-state index contributed by atoms with van der Waals surface area (Å²) in [5.74, 6) is 2.66. The highest BCUT2D eigenvalue weighted by Crippen LogP contribution is 2.32. The van der Waals surface area contributed by atoms with Crippen molar-refractivity contribution < 1.29 is 19.0 Å². The van der Waals surface area contributed by atoms with E-state index in [1.165, 1.54) is 0 Å². The molecule has 148 valence electrons. The van der Waals surface area contributed by atoms with Gasteiger partial charge in [-0.3, -0.25) is 4.79 Å². The summed E-state index contributed by atoms with van der Waals surface area (Å²) in [5.41, 5.74) is 2.48. The van der Waals surface area contributed by atoms with Gasteiger partial charge in [-0.2, -0.15) is 0 Å². The van der Waals surface area contributed by atoms with Crippen molar-refractivity contribution in [2.45, 2.75) is 13.1 Å². The Morgan fingerprint density at radius 1 is 1.07 bits per heavy atom. The molecule has 1 aliphatic heterocycles. The Morgan fingerprint density at radius 2 is 1.93 bits per heavy atom. The fourth-order valence-electron chi connectivity index (χ4n) is 3.04. The van der Waals surface area contributed by atoms with Gasteiger partial charge < -0.3 is 24.8 Å². The zero-order valence-electron chi connectivity index (χ0n) is 16.0. The number of hydrogen-bond acceptors (Lipinski definition) is 6. The summed E-state index contributed by atoms with van der Waals surface area (Å²) in [6, 6.07) is 16.8. The highest BCUT2D eigenvalue weighted by atomic mass is 16.7. The van der Waals surface area contributed by atoms with Crippen molar-refractivity contribution in [1.29, 1.82) is 0 Å². The van der Waals surface area contributed by atoms with Crippen LogP contribution in [0.3, 0.4) is 0 Å². The lowest BCUT2D eigenvalue weighted by Gasteiger charge is -2.11. The predicted octanol–water partition coefficient (Wildman–Crippen LogP) is 3.36. The smallest absolute Gasteiger partial charge is 0.251 e. The number of nitrogens with one attached hydrogen (secondary N) is 2. The largest absolute Gasteiger partial charge is 0.496 e. The van der Waals surface area contributed by atoms with Crippen molar-refractivity contribution in [2.75, 3.05) is 19.2 Å². The molecular weight excluding hydrogens is 370 g/mol. The van der Waals surface area contributed by atoms with Gasteiger partial charge in [0.1, 0.15) is 11.6 Å². The van der Waals surface area contributed by atoms with Crippen molar-refractivity contribution in [3.05, 3.63) is 77.5 Å². The maximum Gasteiger partial charge on any atom is 0.251 e. The molecule has 7 nitrogen and oxygen atoms in total. The summed E-state index contributed by atoms with van der Waals surface area (Å²) >= 11 is 0. The van der Waals surface area contributed by atoms with Crippen molar-refractivity contribution >= 4 is 11.7 Å². The van der Waals surface area contributed by atoms with Gasteiger partial charge in [0.15, 0.2) is 11.5 Å². The van der Waals surface area contributed by atoms with Gasteiger partial charge in [0.25, 0.3) is 5.91 Å². The number of rotatable bonds is 7. The third kappa shape index (κ3) is 4.40. The molecule has 0 aliphatic carbocycles. The molecule has 1 aromatic heterocycles. The monoisotopic (exact) mass is 391 g/mol. The highest BCUT2D eigenvalue weighted by molar-refractivity contribution is 5.94. The second-order valence-corrected chi connectivity index (χ2v) is 6.47. The topological polar surface area (TPSA) is 81.7 Å². The summed E-state index contributed by atoms with van der Waals surface area (Å²) in [4.78, 5) is 16.8. The van der Waals surface area contributed by atoms with Crippen molar-refractivity contribution in [3.8, 4) is 17.2 Å². The summed E-state index contributed by atoms with van der Waals surface area (Å²) in [7, 11) is 1.64. The van der Waals surface area contributed by atoms with Gasteiger partial charge in [-0.15, -0.1) is 0 Å². The molecule has 3 aromatic rings. The zero-order valence-corrected chi connectivity index (χ0v) is 16.0. The number of anilines is 1. The summed E-state index contributed by atoms with van der Waals surface area (Å²) in [5, 5.41) is 6.15. The lowest BCUT2D eigenvalue weighted by molar-refractivity contribution is 0.0950. The molecule has 2 N–H and O–H groups in total. The van der Waals surface area contributed by atoms with Crippen LogP contribution in [0.4, 0.5) is 5.82 Å². The first-order valence-corrected chi connectivity index (χ1v) is 9.21. The van der Waals surface area contributed by atoms with Crippen LogP contribution in [0.25, 0.3) is 0 Å². The zero-order chi connectivity index (χ0) is 20.1. The van der Waals surface area contributed by atoms with E-state index >= 15 is 0 Å². The van der Waals surface area contributed by atoms with E-state index < -0.39 is 0 Å². The predicted molar refractivity (Wildman–Crippen MR) is 108 cm³/mol. The number of pyridine rings is 1. The quantitative estimate of drug-likeness (QED) is 0.643. The average molecular weight is 391 g/mol. The molecule has 0 saturated heterocycles. The molecule has 2 heterocycles. The number of amides is 1. The van der Waals surface area contributed by atoms with Gasteiger partial charge in [-0.25, -0.2) is 4.98 Å². The molecule has 1 amide bonds. The Morgan fingerprint density at radius 3 is 2.83 bits per heavy atom. The summed E-state index contributed by atoms with van der Waals surface area (Å²) < 4.78 is 16.0. The van der Waals surface area contributed by atoms with Gasteiger partial charge in [-0.1, -0.05) is 24.3 Å². The van der Waals surface area contributed by atoms with Crippen LogP contribution < -0.4 is 24.8 Å². The third-order valence-corrected chi connectivity index (χ3v) is 4.56. The number of para-hydroxylation sites is 1. The van der Waals surface area contributed by atoms with Crippen LogP contribution in [0.5, 0.6) is 17.2 Å². The Labute approximate surface area is 168 Å². The first-order chi connectivity index (χ1) is 14.2. The number of carbonyl (C=O) groups excluding carboxylic acids is 1. The standard InChI is InChI=1S/C22H21N3O4/c1-27-18-5-3-2-4-17(18)13-24-21-11-16(8-9-23-21)22(26)25-12-15-6-7-19-20(10-15)29-14-28-19/h2-11H,12-14H2,1H3,(H,23,24)(H,25,26). The van der Waals surface area contributed by atoms with Gasteiger partial charge in [0, 0.05) is 30.4 Å². The fraction of sp³-hybridized carbons (Fsp3) is 0.182. The number of methoxy groups -OCH3 is 1. The molecule has 4 rings (SSSR count). The Bertz CT molecular complexity index is 1020. The molecule has 0 radical (unpaired) electrons. The average Bonchev–Trinajstić information content (AvgIpc) is 3.24. The first kappa shape index (κ1) is 18.6. The minimum absolute atomic E-state index is 0.176. The molecule has 0 unspecified atom stereocenters. The molecule has 7 heteroatoms. The number of ether oxygens (including phenoxy) is 3. The number of carbonyl (C=O) groups is 1. The van der Waals surface area contributed by atoms with E-state index in [1.807, 2.05) is 42.5 Å². The van der Waals surface area contributed by atoms with E-state index in [0.717, 1.165) is 22.6 Å². The van der Waals surface area contributed by atoms with Gasteiger partial charge in [-0.05, 0) is 35.9 Å². The van der Waals surface area contributed by atoms with Crippen LogP contribution in [-0.4, -0.2) is 24.8 Å². The van der Waals surface area contributed by atoms with Crippen LogP contribution in [0, 0.1) is 0 Å². The second kappa shape index (κ2) is 8.52. The Hall–Kier alpha value is -3.74. The van der Waals surface area contributed by atoms with E-state index in [9.17, 15) is 4.79 Å². The van der Waals surface area contributed by atoms with E-state index in [-0.39, 0.29) is 12.7 Å². The van der Waals surface area contributed by atoms with Gasteiger partial charge in [0.05, 0.1) is 7.11 Å². The molecule has 1 aliphatic rings. The molecule has 0 atom stereocenters. The first-order valence-electron chi connectivity index (χ1n) is 9.21. The SMILES string of the molecule is COc1ccccc1CNc1cc(C(=O)NCc2ccc3c(c2)OCO3)ccn1.